The quantitative estimate of drug-likeness (QED) is 0.529. The Kier molecular flexibility index (Phi) is 4.96. The van der Waals surface area contributed by atoms with Gasteiger partial charge in [0.25, 0.3) is 5.69 Å². The van der Waals surface area contributed by atoms with Gasteiger partial charge in [-0.3, -0.25) is 15.1 Å². The largest absolute Gasteiger partial charge is 0.387 e. The number of aliphatic hydroxyl groups is 1. The van der Waals surface area contributed by atoms with Crippen LogP contribution in [0.15, 0.2) is 67.0 Å². The minimum absolute atomic E-state index is 0.0635. The number of nitro groups is 1. The minimum Gasteiger partial charge on any atom is -0.387 e. The molecule has 126 valence electrons. The highest BCUT2D eigenvalue weighted by Crippen LogP contribution is 2.29. The lowest BCUT2D eigenvalue weighted by Crippen LogP contribution is -2.13. The van der Waals surface area contributed by atoms with Gasteiger partial charge in [-0.1, -0.05) is 30.3 Å². The molecule has 3 rings (SSSR count). The highest BCUT2D eigenvalue weighted by Gasteiger charge is 2.18. The maximum absolute atomic E-state index is 11.3. The molecule has 0 amide bonds. The lowest BCUT2D eigenvalue weighted by Gasteiger charge is -2.13. The second-order valence-corrected chi connectivity index (χ2v) is 5.36. The van der Waals surface area contributed by atoms with Crippen molar-refractivity contribution >= 4 is 11.5 Å². The number of aliphatic hydroxyl groups excluding tert-OH is 1. The third-order valence-corrected chi connectivity index (χ3v) is 3.69. The minimum atomic E-state index is -0.736. The van der Waals surface area contributed by atoms with Crippen molar-refractivity contribution in [2.24, 2.45) is 0 Å². The van der Waals surface area contributed by atoms with Crippen LogP contribution in [-0.2, 0) is 0 Å². The van der Waals surface area contributed by atoms with E-state index < -0.39 is 11.0 Å². The van der Waals surface area contributed by atoms with Gasteiger partial charge in [0.15, 0.2) is 5.69 Å². The average molecular weight is 336 g/mol. The Bertz CT molecular complexity index is 857. The molecule has 0 bridgehead atoms. The van der Waals surface area contributed by atoms with Gasteiger partial charge in [-0.25, -0.2) is 4.98 Å². The van der Waals surface area contributed by atoms with Crippen molar-refractivity contribution in [3.05, 3.63) is 82.7 Å². The van der Waals surface area contributed by atoms with Crippen molar-refractivity contribution in [2.75, 3.05) is 11.9 Å². The first-order valence-corrected chi connectivity index (χ1v) is 7.68. The summed E-state index contributed by atoms with van der Waals surface area (Å²) in [5, 5.41) is 24.5. The Balaban J connectivity index is 1.82. The Morgan fingerprint density at radius 3 is 2.48 bits per heavy atom. The number of pyridine rings is 2. The molecule has 0 aliphatic rings. The van der Waals surface area contributed by atoms with E-state index in [1.807, 2.05) is 6.07 Å². The van der Waals surface area contributed by atoms with E-state index in [0.717, 1.165) is 5.56 Å². The van der Waals surface area contributed by atoms with E-state index in [1.165, 1.54) is 12.1 Å². The molecule has 1 atom stereocenters. The molecule has 0 radical (unpaired) electrons. The topological polar surface area (TPSA) is 101 Å². The van der Waals surface area contributed by atoms with E-state index >= 15 is 0 Å². The fourth-order valence-electron chi connectivity index (χ4n) is 2.41. The summed E-state index contributed by atoms with van der Waals surface area (Å²) in [6.07, 6.45) is 2.48. The Morgan fingerprint density at radius 2 is 1.80 bits per heavy atom. The Hall–Kier alpha value is -3.32. The highest BCUT2D eigenvalue weighted by molar-refractivity contribution is 5.71. The fraction of sp³-hybridized carbons (Fsp3) is 0.111. The maximum Gasteiger partial charge on any atom is 0.295 e. The molecule has 25 heavy (non-hydrogen) atoms. The molecule has 0 fully saturated rings. The fourth-order valence-corrected chi connectivity index (χ4v) is 2.41. The summed E-state index contributed by atoms with van der Waals surface area (Å²) in [7, 11) is 0. The van der Waals surface area contributed by atoms with E-state index in [0.29, 0.717) is 11.4 Å². The van der Waals surface area contributed by atoms with Gasteiger partial charge in [0, 0.05) is 30.6 Å². The third-order valence-electron chi connectivity index (χ3n) is 3.69. The van der Waals surface area contributed by atoms with Gasteiger partial charge in [0.1, 0.15) is 5.82 Å². The second-order valence-electron chi connectivity index (χ2n) is 5.36. The van der Waals surface area contributed by atoms with Crippen LogP contribution < -0.4 is 5.32 Å². The number of benzene rings is 1. The number of hydrogen-bond donors (Lipinski definition) is 2. The molecule has 0 aliphatic carbocycles. The second kappa shape index (κ2) is 7.50. The van der Waals surface area contributed by atoms with Crippen LogP contribution in [0.4, 0.5) is 11.5 Å². The van der Waals surface area contributed by atoms with Crippen molar-refractivity contribution in [2.45, 2.75) is 6.10 Å². The summed E-state index contributed by atoms with van der Waals surface area (Å²) in [5.74, 6) is 0.456. The first-order valence-electron chi connectivity index (χ1n) is 7.68. The van der Waals surface area contributed by atoms with Gasteiger partial charge in [-0.05, 0) is 23.8 Å². The van der Waals surface area contributed by atoms with Gasteiger partial charge in [0.05, 0.1) is 11.0 Å². The number of nitrogens with one attached hydrogen (secondary N) is 1. The average Bonchev–Trinajstić information content (AvgIpc) is 2.67. The standard InChI is InChI=1S/C18H16N4O3/c23-16(13-8-10-19-11-9-13)12-20-17-7-6-15(22(24)25)18(21-17)14-4-2-1-3-5-14/h1-11,16,23H,12H2,(H,20,21)/t16-/m1/s1. The molecular formula is C18H16N4O3. The first kappa shape index (κ1) is 16.5. The van der Waals surface area contributed by atoms with Crippen LogP contribution in [-0.4, -0.2) is 26.5 Å². The van der Waals surface area contributed by atoms with Crippen molar-refractivity contribution < 1.29 is 10.0 Å². The smallest absolute Gasteiger partial charge is 0.295 e. The van der Waals surface area contributed by atoms with Crippen molar-refractivity contribution in [3.8, 4) is 11.3 Å². The van der Waals surface area contributed by atoms with Crippen LogP contribution in [0.2, 0.25) is 0 Å². The summed E-state index contributed by atoms with van der Waals surface area (Å²) in [6.45, 7) is 0.225. The number of hydrogen-bond acceptors (Lipinski definition) is 6. The van der Waals surface area contributed by atoms with E-state index in [1.54, 1.807) is 48.8 Å². The number of aromatic nitrogens is 2. The van der Waals surface area contributed by atoms with Crippen LogP contribution in [0, 0.1) is 10.1 Å². The molecule has 2 heterocycles. The summed E-state index contributed by atoms with van der Waals surface area (Å²) < 4.78 is 0. The zero-order chi connectivity index (χ0) is 17.6. The molecule has 2 aromatic heterocycles. The molecule has 0 aliphatic heterocycles. The van der Waals surface area contributed by atoms with Crippen molar-refractivity contribution in [1.29, 1.82) is 0 Å². The van der Waals surface area contributed by atoms with E-state index in [9.17, 15) is 15.2 Å². The van der Waals surface area contributed by atoms with E-state index in [-0.39, 0.29) is 17.9 Å². The van der Waals surface area contributed by atoms with Crippen LogP contribution in [0.5, 0.6) is 0 Å². The van der Waals surface area contributed by atoms with E-state index in [2.05, 4.69) is 15.3 Å². The van der Waals surface area contributed by atoms with Crippen LogP contribution in [0.1, 0.15) is 11.7 Å². The van der Waals surface area contributed by atoms with Crippen LogP contribution in [0.25, 0.3) is 11.3 Å². The highest BCUT2D eigenvalue weighted by atomic mass is 16.6. The summed E-state index contributed by atoms with van der Waals surface area (Å²) in [5.41, 5.74) is 1.61. The predicted octanol–water partition coefficient (Wildman–Crippen LogP) is 3.20. The molecule has 7 heteroatoms. The molecule has 0 spiro atoms. The first-order chi connectivity index (χ1) is 12.1. The molecule has 1 aromatic carbocycles. The number of rotatable bonds is 6. The molecule has 0 saturated carbocycles. The maximum atomic E-state index is 11.3. The molecule has 0 saturated heterocycles. The third kappa shape index (κ3) is 3.96. The Labute approximate surface area is 144 Å². The Morgan fingerprint density at radius 1 is 1.08 bits per heavy atom. The van der Waals surface area contributed by atoms with Crippen LogP contribution >= 0.6 is 0 Å². The lowest BCUT2D eigenvalue weighted by atomic mass is 10.1. The summed E-state index contributed by atoms with van der Waals surface area (Å²) in [4.78, 5) is 19.1. The van der Waals surface area contributed by atoms with Gasteiger partial charge in [0.2, 0.25) is 0 Å². The number of anilines is 1. The zero-order valence-electron chi connectivity index (χ0n) is 13.2. The number of nitrogens with zero attached hydrogens (tertiary/aromatic N) is 3. The lowest BCUT2D eigenvalue weighted by molar-refractivity contribution is -0.384. The molecule has 3 aromatic rings. The molecule has 7 nitrogen and oxygen atoms in total. The van der Waals surface area contributed by atoms with Crippen molar-refractivity contribution in [1.82, 2.24) is 9.97 Å². The SMILES string of the molecule is O=[N+]([O-])c1ccc(NC[C@@H](O)c2ccncc2)nc1-c1ccccc1. The van der Waals surface area contributed by atoms with Gasteiger partial charge >= 0.3 is 0 Å². The van der Waals surface area contributed by atoms with Crippen LogP contribution in [0.3, 0.4) is 0 Å². The monoisotopic (exact) mass is 336 g/mol. The summed E-state index contributed by atoms with van der Waals surface area (Å²) in [6, 6.07) is 15.4. The summed E-state index contributed by atoms with van der Waals surface area (Å²) >= 11 is 0. The molecular weight excluding hydrogens is 320 g/mol. The zero-order valence-corrected chi connectivity index (χ0v) is 13.2. The van der Waals surface area contributed by atoms with Gasteiger partial charge < -0.3 is 10.4 Å². The van der Waals surface area contributed by atoms with Crippen molar-refractivity contribution in [3.63, 3.8) is 0 Å². The normalized spacial score (nSPS) is 11.7. The predicted molar refractivity (Wildman–Crippen MR) is 94.0 cm³/mol. The van der Waals surface area contributed by atoms with E-state index in [4.69, 9.17) is 0 Å². The molecule has 2 N–H and O–H groups in total. The van der Waals surface area contributed by atoms with Gasteiger partial charge in [-0.2, -0.15) is 0 Å². The molecule has 0 unspecified atom stereocenters. The van der Waals surface area contributed by atoms with Gasteiger partial charge in [-0.15, -0.1) is 0 Å².